The van der Waals surface area contributed by atoms with Crippen molar-refractivity contribution in [2.45, 2.75) is 0 Å². The van der Waals surface area contributed by atoms with Crippen molar-refractivity contribution >= 4 is 23.7 Å². The van der Waals surface area contributed by atoms with Crippen LogP contribution in [0.4, 0.5) is 14.9 Å². The van der Waals surface area contributed by atoms with E-state index in [2.05, 4.69) is 14.8 Å². The van der Waals surface area contributed by atoms with Crippen LogP contribution in [0.3, 0.4) is 0 Å². The second-order valence-corrected chi connectivity index (χ2v) is 3.95. The maximum absolute atomic E-state index is 12.8. The molecule has 0 saturated carbocycles. The number of ether oxygens (including phenoxy) is 2. The fraction of sp³-hybridized carbons (Fsp3) is 0.308. The number of nitrogens with one attached hydrogen (secondary N) is 1. The van der Waals surface area contributed by atoms with Gasteiger partial charge in [-0.25, -0.2) is 9.18 Å². The van der Waals surface area contributed by atoms with E-state index >= 15 is 0 Å². The van der Waals surface area contributed by atoms with Gasteiger partial charge in [-0.3, -0.25) is 9.59 Å². The smallest absolute Gasteiger partial charge is 0.325 e. The second kappa shape index (κ2) is 7.83. The molecule has 0 unspecified atom stereocenters. The molecule has 0 radical (unpaired) electrons. The Morgan fingerprint density at radius 3 is 1.95 bits per heavy atom. The van der Waals surface area contributed by atoms with E-state index in [9.17, 15) is 18.8 Å². The zero-order chi connectivity index (χ0) is 15.8. The molecule has 21 heavy (non-hydrogen) atoms. The lowest BCUT2D eigenvalue weighted by Crippen LogP contribution is -2.42. The largest absolute Gasteiger partial charge is 0.468 e. The number of esters is 2. The summed E-state index contributed by atoms with van der Waals surface area (Å²) >= 11 is 0. The van der Waals surface area contributed by atoms with Gasteiger partial charge in [-0.2, -0.15) is 0 Å². The van der Waals surface area contributed by atoms with E-state index in [1.807, 2.05) is 0 Å². The van der Waals surface area contributed by atoms with Gasteiger partial charge in [-0.1, -0.05) is 0 Å². The van der Waals surface area contributed by atoms with Crippen LogP contribution in [0.1, 0.15) is 0 Å². The Morgan fingerprint density at radius 1 is 1.05 bits per heavy atom. The van der Waals surface area contributed by atoms with Crippen molar-refractivity contribution in [1.29, 1.82) is 0 Å². The summed E-state index contributed by atoms with van der Waals surface area (Å²) in [6.07, 6.45) is 0. The van der Waals surface area contributed by atoms with Gasteiger partial charge >= 0.3 is 18.0 Å². The number of urea groups is 1. The number of rotatable bonds is 5. The minimum atomic E-state index is -0.711. The summed E-state index contributed by atoms with van der Waals surface area (Å²) in [5, 5.41) is 2.43. The molecule has 8 heteroatoms. The van der Waals surface area contributed by atoms with Gasteiger partial charge in [-0.15, -0.1) is 0 Å². The molecule has 0 aliphatic carbocycles. The van der Waals surface area contributed by atoms with Crippen molar-refractivity contribution in [3.63, 3.8) is 0 Å². The molecule has 0 atom stereocenters. The van der Waals surface area contributed by atoms with Gasteiger partial charge in [0, 0.05) is 5.69 Å². The number of amides is 2. The Kier molecular flexibility index (Phi) is 6.12. The molecule has 1 N–H and O–H groups in total. The molecule has 0 bridgehead atoms. The van der Waals surface area contributed by atoms with Gasteiger partial charge in [0.1, 0.15) is 18.9 Å². The monoisotopic (exact) mass is 298 g/mol. The van der Waals surface area contributed by atoms with Gasteiger partial charge in [0.15, 0.2) is 0 Å². The van der Waals surface area contributed by atoms with Crippen LogP contribution in [0.2, 0.25) is 0 Å². The van der Waals surface area contributed by atoms with Crippen LogP contribution in [0.15, 0.2) is 24.3 Å². The summed E-state index contributed by atoms with van der Waals surface area (Å²) in [7, 11) is 2.33. The van der Waals surface area contributed by atoms with Crippen LogP contribution in [0.5, 0.6) is 0 Å². The highest BCUT2D eigenvalue weighted by atomic mass is 19.1. The Morgan fingerprint density at radius 2 is 1.52 bits per heavy atom. The SMILES string of the molecule is COC(=O)CN(CC(=O)OC)C(=O)Nc1ccc(F)cc1. The standard InChI is InChI=1S/C13H15FN2O5/c1-20-11(17)7-16(8-12(18)21-2)13(19)15-10-5-3-9(14)4-6-10/h3-6H,7-8H2,1-2H3,(H,15,19). The van der Waals surface area contributed by atoms with E-state index in [1.54, 1.807) is 0 Å². The summed E-state index contributed by atoms with van der Waals surface area (Å²) in [5.74, 6) is -1.82. The molecule has 1 rings (SSSR count). The topological polar surface area (TPSA) is 84.9 Å². The Balaban J connectivity index is 2.75. The fourth-order valence-electron chi connectivity index (χ4n) is 1.38. The zero-order valence-corrected chi connectivity index (χ0v) is 11.6. The first-order valence-corrected chi connectivity index (χ1v) is 5.91. The summed E-state index contributed by atoms with van der Waals surface area (Å²) in [5.41, 5.74) is 0.320. The first kappa shape index (κ1) is 16.4. The number of halogens is 1. The molecular formula is C13H15FN2O5. The van der Waals surface area contributed by atoms with Crippen molar-refractivity contribution in [1.82, 2.24) is 4.90 Å². The van der Waals surface area contributed by atoms with Crippen LogP contribution in [-0.4, -0.2) is 50.2 Å². The molecule has 0 fully saturated rings. The highest BCUT2D eigenvalue weighted by Gasteiger charge is 2.21. The van der Waals surface area contributed by atoms with Gasteiger partial charge in [0.2, 0.25) is 0 Å². The van der Waals surface area contributed by atoms with Crippen LogP contribution in [0.25, 0.3) is 0 Å². The third-order valence-electron chi connectivity index (χ3n) is 2.48. The number of anilines is 1. The number of nitrogens with zero attached hydrogens (tertiary/aromatic N) is 1. The average Bonchev–Trinajstić information content (AvgIpc) is 2.48. The maximum atomic E-state index is 12.8. The Bertz CT molecular complexity index is 500. The minimum Gasteiger partial charge on any atom is -0.468 e. The molecule has 0 heterocycles. The second-order valence-electron chi connectivity index (χ2n) is 3.95. The number of hydrogen-bond donors (Lipinski definition) is 1. The number of benzene rings is 1. The average molecular weight is 298 g/mol. The van der Waals surface area contributed by atoms with Crippen molar-refractivity contribution in [2.24, 2.45) is 0 Å². The van der Waals surface area contributed by atoms with Crippen molar-refractivity contribution < 1.29 is 28.2 Å². The normalized spacial score (nSPS) is 9.67. The van der Waals surface area contributed by atoms with Gasteiger partial charge in [0.05, 0.1) is 14.2 Å². The number of methoxy groups -OCH3 is 2. The Hall–Kier alpha value is -2.64. The number of hydrogen-bond acceptors (Lipinski definition) is 5. The zero-order valence-electron chi connectivity index (χ0n) is 11.6. The first-order valence-electron chi connectivity index (χ1n) is 5.91. The molecule has 0 aliphatic rings. The summed E-state index contributed by atoms with van der Waals surface area (Å²) < 4.78 is 21.7. The van der Waals surface area contributed by atoms with E-state index in [0.29, 0.717) is 5.69 Å². The summed E-state index contributed by atoms with van der Waals surface area (Å²) in [4.78, 5) is 35.4. The minimum absolute atomic E-state index is 0.320. The van der Waals surface area contributed by atoms with Crippen molar-refractivity contribution in [2.75, 3.05) is 32.6 Å². The highest BCUT2D eigenvalue weighted by molar-refractivity contribution is 5.93. The third-order valence-corrected chi connectivity index (χ3v) is 2.48. The summed E-state index contributed by atoms with van der Waals surface area (Å²) in [6.45, 7) is -0.836. The first-order chi connectivity index (χ1) is 9.96. The third kappa shape index (κ3) is 5.47. The molecule has 0 aliphatic heterocycles. The van der Waals surface area contributed by atoms with E-state index in [0.717, 1.165) is 19.1 Å². The number of carbonyl (C=O) groups is 3. The van der Waals surface area contributed by atoms with Crippen LogP contribution in [0, 0.1) is 5.82 Å². The Labute approximate surface area is 120 Å². The molecule has 1 aromatic rings. The molecular weight excluding hydrogens is 283 g/mol. The highest BCUT2D eigenvalue weighted by Crippen LogP contribution is 2.09. The maximum Gasteiger partial charge on any atom is 0.325 e. The lowest BCUT2D eigenvalue weighted by atomic mass is 10.3. The number of carbonyl (C=O) groups excluding carboxylic acids is 3. The lowest BCUT2D eigenvalue weighted by molar-refractivity contribution is -0.144. The predicted molar refractivity (Wildman–Crippen MR) is 71.0 cm³/mol. The van der Waals surface area contributed by atoms with Crippen molar-refractivity contribution in [3.05, 3.63) is 30.1 Å². The molecule has 0 saturated heterocycles. The van der Waals surface area contributed by atoms with E-state index in [-0.39, 0.29) is 0 Å². The molecule has 7 nitrogen and oxygen atoms in total. The molecule has 0 spiro atoms. The predicted octanol–water partition coefficient (Wildman–Crippen LogP) is 1.01. The van der Waals surface area contributed by atoms with E-state index in [4.69, 9.17) is 0 Å². The van der Waals surface area contributed by atoms with Crippen LogP contribution < -0.4 is 5.32 Å². The molecule has 1 aromatic carbocycles. The quantitative estimate of drug-likeness (QED) is 0.820. The lowest BCUT2D eigenvalue weighted by Gasteiger charge is -2.20. The van der Waals surface area contributed by atoms with Gasteiger partial charge in [0.25, 0.3) is 0 Å². The molecule has 114 valence electrons. The van der Waals surface area contributed by atoms with Crippen molar-refractivity contribution in [3.8, 4) is 0 Å². The van der Waals surface area contributed by atoms with Gasteiger partial charge < -0.3 is 19.7 Å². The van der Waals surface area contributed by atoms with E-state index < -0.39 is 36.9 Å². The summed E-state index contributed by atoms with van der Waals surface area (Å²) in [6, 6.07) is 4.32. The van der Waals surface area contributed by atoms with Crippen LogP contribution in [-0.2, 0) is 19.1 Å². The fourth-order valence-corrected chi connectivity index (χ4v) is 1.38. The van der Waals surface area contributed by atoms with E-state index in [1.165, 1.54) is 24.3 Å². The molecule has 2 amide bonds. The molecule has 0 aromatic heterocycles. The van der Waals surface area contributed by atoms with Crippen LogP contribution >= 0.6 is 0 Å². The van der Waals surface area contributed by atoms with Gasteiger partial charge in [-0.05, 0) is 24.3 Å².